The Labute approximate surface area is 116 Å². The van der Waals surface area contributed by atoms with Gasteiger partial charge in [-0.25, -0.2) is 0 Å². The smallest absolute Gasteiger partial charge is 0.167 e. The summed E-state index contributed by atoms with van der Waals surface area (Å²) in [5.41, 5.74) is 2.21. The molecule has 2 nitrogen and oxygen atoms in total. The maximum absolute atomic E-state index is 12.2. The number of Topliss-reactive ketones (excluding diaryl/α,β-unsaturated/α-hetero) is 1. The fourth-order valence-electron chi connectivity index (χ4n) is 1.73. The molecule has 0 unspecified atom stereocenters. The molecule has 1 aromatic carbocycles. The summed E-state index contributed by atoms with van der Waals surface area (Å²) in [6.07, 6.45) is 3.41. The lowest BCUT2D eigenvalue weighted by atomic mass is 10.00. The van der Waals surface area contributed by atoms with E-state index in [4.69, 9.17) is 23.2 Å². The van der Waals surface area contributed by atoms with Crippen LogP contribution in [0, 0.1) is 6.92 Å². The van der Waals surface area contributed by atoms with Gasteiger partial charge in [0.05, 0.1) is 5.02 Å². The number of nitrogens with zero attached hydrogens (tertiary/aromatic N) is 1. The summed E-state index contributed by atoms with van der Waals surface area (Å²) in [5, 5.41) is 1.10. The summed E-state index contributed by atoms with van der Waals surface area (Å²) in [7, 11) is 0. The van der Waals surface area contributed by atoms with Crippen LogP contribution in [0.3, 0.4) is 0 Å². The van der Waals surface area contributed by atoms with Gasteiger partial charge in [-0.2, -0.15) is 0 Å². The normalized spacial score (nSPS) is 10.4. The molecule has 0 N–H and O–H groups in total. The van der Waals surface area contributed by atoms with Gasteiger partial charge in [0.2, 0.25) is 0 Å². The van der Waals surface area contributed by atoms with E-state index in [1.165, 1.54) is 6.20 Å². The van der Waals surface area contributed by atoms with E-state index in [1.807, 2.05) is 6.92 Å². The van der Waals surface area contributed by atoms with Gasteiger partial charge in [-0.05, 0) is 30.2 Å². The fraction of sp³-hybridized carbons (Fsp3) is 0.143. The first-order valence-corrected chi connectivity index (χ1v) is 6.22. The Balaban J connectivity index is 2.28. The van der Waals surface area contributed by atoms with Gasteiger partial charge in [-0.1, -0.05) is 35.3 Å². The number of carbonyl (C=O) groups is 1. The van der Waals surface area contributed by atoms with Gasteiger partial charge in [-0.15, -0.1) is 0 Å². The number of carbonyl (C=O) groups excluding carboxylic acids is 1. The Kier molecular flexibility index (Phi) is 4.00. The maximum Gasteiger partial charge on any atom is 0.167 e. The Morgan fingerprint density at radius 2 is 2.00 bits per heavy atom. The minimum Gasteiger partial charge on any atom is -0.294 e. The summed E-state index contributed by atoms with van der Waals surface area (Å²) < 4.78 is 0. The molecule has 0 saturated carbocycles. The summed E-state index contributed by atoms with van der Waals surface area (Å²) in [6.45, 7) is 1.84. The van der Waals surface area contributed by atoms with Crippen molar-refractivity contribution < 1.29 is 4.79 Å². The molecule has 0 atom stereocenters. The van der Waals surface area contributed by atoms with Crippen molar-refractivity contribution in [1.29, 1.82) is 0 Å². The van der Waals surface area contributed by atoms with Gasteiger partial charge >= 0.3 is 0 Å². The van der Waals surface area contributed by atoms with Crippen molar-refractivity contribution in [3.05, 3.63) is 63.4 Å². The van der Waals surface area contributed by atoms with E-state index >= 15 is 0 Å². The molecule has 4 heteroatoms. The van der Waals surface area contributed by atoms with Crippen LogP contribution >= 0.6 is 23.2 Å². The third-order valence-electron chi connectivity index (χ3n) is 2.78. The van der Waals surface area contributed by atoms with Crippen LogP contribution in [0.25, 0.3) is 0 Å². The second kappa shape index (κ2) is 5.51. The summed E-state index contributed by atoms with van der Waals surface area (Å²) >= 11 is 12.0. The molecule has 0 amide bonds. The van der Waals surface area contributed by atoms with Gasteiger partial charge in [0, 0.05) is 29.4 Å². The number of pyridine rings is 1. The lowest BCUT2D eigenvalue weighted by Gasteiger charge is -2.07. The highest BCUT2D eigenvalue weighted by Crippen LogP contribution is 2.22. The van der Waals surface area contributed by atoms with Crippen molar-refractivity contribution in [2.24, 2.45) is 0 Å². The molecule has 18 heavy (non-hydrogen) atoms. The third kappa shape index (κ3) is 2.71. The monoisotopic (exact) mass is 279 g/mol. The summed E-state index contributed by atoms with van der Waals surface area (Å²) in [5.74, 6) is 0.00287. The molecule has 1 aromatic heterocycles. The van der Waals surface area contributed by atoms with Gasteiger partial charge in [0.25, 0.3) is 0 Å². The minimum atomic E-state index is 0.00287. The van der Waals surface area contributed by atoms with Crippen LogP contribution in [-0.4, -0.2) is 10.8 Å². The van der Waals surface area contributed by atoms with E-state index in [0.717, 1.165) is 11.1 Å². The first kappa shape index (κ1) is 13.1. The summed E-state index contributed by atoms with van der Waals surface area (Å²) in [6, 6.07) is 7.07. The Hall–Kier alpha value is -1.38. The predicted octanol–water partition coefficient (Wildman–Crippen LogP) is 4.12. The number of hydrogen-bond donors (Lipinski definition) is 0. The molecule has 0 aliphatic heterocycles. The standard InChI is InChI=1S/C14H11Cl2NO/c1-9-11(3-2-4-12(9)15)14(18)7-10-5-6-17-8-13(10)16/h2-6,8H,7H2,1H3. The van der Waals surface area contributed by atoms with E-state index in [9.17, 15) is 4.79 Å². The average Bonchev–Trinajstić information content (AvgIpc) is 2.35. The number of ketones is 1. The first-order valence-electron chi connectivity index (χ1n) is 5.46. The molecule has 0 aliphatic rings. The fourth-order valence-corrected chi connectivity index (χ4v) is 2.09. The minimum absolute atomic E-state index is 0.00287. The van der Waals surface area contributed by atoms with Crippen molar-refractivity contribution in [3.63, 3.8) is 0 Å². The third-order valence-corrected chi connectivity index (χ3v) is 3.53. The molecule has 0 saturated heterocycles. The molecule has 0 fully saturated rings. The van der Waals surface area contributed by atoms with Crippen molar-refractivity contribution in [3.8, 4) is 0 Å². The first-order chi connectivity index (χ1) is 8.59. The van der Waals surface area contributed by atoms with Crippen LogP contribution in [0.15, 0.2) is 36.7 Å². The molecule has 0 bridgehead atoms. The van der Waals surface area contributed by atoms with E-state index in [-0.39, 0.29) is 12.2 Å². The van der Waals surface area contributed by atoms with Crippen molar-refractivity contribution in [2.45, 2.75) is 13.3 Å². The molecule has 2 rings (SSSR count). The largest absolute Gasteiger partial charge is 0.294 e. The molecular formula is C14H11Cl2NO. The lowest BCUT2D eigenvalue weighted by molar-refractivity contribution is 0.0992. The molecule has 1 heterocycles. The van der Waals surface area contributed by atoms with Crippen LogP contribution in [0.4, 0.5) is 0 Å². The zero-order valence-electron chi connectivity index (χ0n) is 9.78. The SMILES string of the molecule is Cc1c(Cl)cccc1C(=O)Cc1ccncc1Cl. The second-order valence-electron chi connectivity index (χ2n) is 3.98. The van der Waals surface area contributed by atoms with E-state index in [1.54, 1.807) is 30.5 Å². The van der Waals surface area contributed by atoms with Gasteiger partial charge < -0.3 is 0 Å². The van der Waals surface area contributed by atoms with E-state index in [0.29, 0.717) is 15.6 Å². The van der Waals surface area contributed by atoms with Gasteiger partial charge in [0.1, 0.15) is 0 Å². The predicted molar refractivity (Wildman–Crippen MR) is 73.5 cm³/mol. The topological polar surface area (TPSA) is 30.0 Å². The van der Waals surface area contributed by atoms with E-state index < -0.39 is 0 Å². The lowest BCUT2D eigenvalue weighted by Crippen LogP contribution is -2.06. The highest BCUT2D eigenvalue weighted by molar-refractivity contribution is 6.32. The Morgan fingerprint density at radius 1 is 1.22 bits per heavy atom. The Morgan fingerprint density at radius 3 is 2.72 bits per heavy atom. The summed E-state index contributed by atoms with van der Waals surface area (Å²) in [4.78, 5) is 16.1. The van der Waals surface area contributed by atoms with Crippen molar-refractivity contribution >= 4 is 29.0 Å². The zero-order chi connectivity index (χ0) is 13.1. The number of aromatic nitrogens is 1. The molecular weight excluding hydrogens is 269 g/mol. The molecule has 2 aromatic rings. The highest BCUT2D eigenvalue weighted by atomic mass is 35.5. The van der Waals surface area contributed by atoms with Crippen LogP contribution in [0.5, 0.6) is 0 Å². The maximum atomic E-state index is 12.2. The van der Waals surface area contributed by atoms with Crippen LogP contribution in [0.1, 0.15) is 21.5 Å². The number of rotatable bonds is 3. The number of hydrogen-bond acceptors (Lipinski definition) is 2. The van der Waals surface area contributed by atoms with Gasteiger partial charge in [-0.3, -0.25) is 9.78 Å². The molecule has 0 spiro atoms. The van der Waals surface area contributed by atoms with Crippen LogP contribution in [0.2, 0.25) is 10.0 Å². The quantitative estimate of drug-likeness (QED) is 0.791. The number of halogens is 2. The second-order valence-corrected chi connectivity index (χ2v) is 4.79. The van der Waals surface area contributed by atoms with Crippen molar-refractivity contribution in [2.75, 3.05) is 0 Å². The molecule has 0 radical (unpaired) electrons. The Bertz CT molecular complexity index is 596. The molecule has 0 aliphatic carbocycles. The van der Waals surface area contributed by atoms with Gasteiger partial charge in [0.15, 0.2) is 5.78 Å². The van der Waals surface area contributed by atoms with Crippen LogP contribution < -0.4 is 0 Å². The number of benzene rings is 1. The van der Waals surface area contributed by atoms with E-state index in [2.05, 4.69) is 4.98 Å². The van der Waals surface area contributed by atoms with Crippen LogP contribution in [-0.2, 0) is 6.42 Å². The molecule has 92 valence electrons. The van der Waals surface area contributed by atoms with Crippen molar-refractivity contribution in [1.82, 2.24) is 4.98 Å². The zero-order valence-corrected chi connectivity index (χ0v) is 11.3. The highest BCUT2D eigenvalue weighted by Gasteiger charge is 2.13. The average molecular weight is 280 g/mol.